The maximum atomic E-state index is 5.43. The lowest BCUT2D eigenvalue weighted by molar-refractivity contribution is 0.122. The van der Waals surface area contributed by atoms with E-state index in [1.807, 2.05) is 0 Å². The molecule has 92 valence electrons. The molecule has 2 aliphatic rings. The SMILES string of the molecule is c1ccc(N2CCOCC2)c(C2CCCN2)c1. The first-order valence-corrected chi connectivity index (χ1v) is 6.60. The number of rotatable bonds is 2. The van der Waals surface area contributed by atoms with Gasteiger partial charge >= 0.3 is 0 Å². The van der Waals surface area contributed by atoms with Crippen molar-refractivity contribution in [2.45, 2.75) is 18.9 Å². The van der Waals surface area contributed by atoms with Crippen molar-refractivity contribution in [3.05, 3.63) is 29.8 Å². The Morgan fingerprint density at radius 3 is 2.76 bits per heavy atom. The van der Waals surface area contributed by atoms with Crippen LogP contribution in [-0.4, -0.2) is 32.8 Å². The third kappa shape index (κ3) is 2.31. The Hall–Kier alpha value is -1.06. The zero-order valence-electron chi connectivity index (χ0n) is 10.2. The van der Waals surface area contributed by atoms with Gasteiger partial charge in [0.15, 0.2) is 0 Å². The Morgan fingerprint density at radius 2 is 2.00 bits per heavy atom. The molecule has 3 rings (SSSR count). The molecule has 0 saturated carbocycles. The molecular formula is C14H20N2O. The molecule has 0 bridgehead atoms. The van der Waals surface area contributed by atoms with Crippen molar-refractivity contribution in [1.82, 2.24) is 5.32 Å². The summed E-state index contributed by atoms with van der Waals surface area (Å²) in [6.07, 6.45) is 2.56. The zero-order chi connectivity index (χ0) is 11.5. The van der Waals surface area contributed by atoms with Crippen LogP contribution in [0.15, 0.2) is 24.3 Å². The summed E-state index contributed by atoms with van der Waals surface area (Å²) < 4.78 is 5.43. The van der Waals surface area contributed by atoms with Crippen LogP contribution in [0.5, 0.6) is 0 Å². The van der Waals surface area contributed by atoms with Crippen molar-refractivity contribution >= 4 is 5.69 Å². The Labute approximate surface area is 103 Å². The Kier molecular flexibility index (Phi) is 3.29. The highest BCUT2D eigenvalue weighted by molar-refractivity contribution is 5.55. The van der Waals surface area contributed by atoms with Crippen LogP contribution in [0, 0.1) is 0 Å². The monoisotopic (exact) mass is 232 g/mol. The van der Waals surface area contributed by atoms with E-state index >= 15 is 0 Å². The van der Waals surface area contributed by atoms with E-state index in [4.69, 9.17) is 4.74 Å². The number of nitrogens with one attached hydrogen (secondary N) is 1. The van der Waals surface area contributed by atoms with Gasteiger partial charge in [-0.2, -0.15) is 0 Å². The standard InChI is InChI=1S/C14H20N2O/c1-2-6-14(16-8-10-17-11-9-16)12(4-1)13-5-3-7-15-13/h1-2,4,6,13,15H,3,5,7-11H2. The van der Waals surface area contributed by atoms with Gasteiger partial charge in [-0.3, -0.25) is 0 Å². The highest BCUT2D eigenvalue weighted by atomic mass is 16.5. The van der Waals surface area contributed by atoms with E-state index in [9.17, 15) is 0 Å². The molecule has 2 aliphatic heterocycles. The van der Waals surface area contributed by atoms with E-state index in [0.717, 1.165) is 32.8 Å². The summed E-state index contributed by atoms with van der Waals surface area (Å²) in [5, 5.41) is 3.59. The summed E-state index contributed by atoms with van der Waals surface area (Å²) in [4.78, 5) is 2.46. The van der Waals surface area contributed by atoms with Crippen molar-refractivity contribution in [2.75, 3.05) is 37.7 Å². The van der Waals surface area contributed by atoms with E-state index in [1.165, 1.54) is 24.1 Å². The smallest absolute Gasteiger partial charge is 0.0642 e. The number of anilines is 1. The lowest BCUT2D eigenvalue weighted by atomic mass is 10.0. The second kappa shape index (κ2) is 5.07. The first-order valence-electron chi connectivity index (χ1n) is 6.60. The van der Waals surface area contributed by atoms with Gasteiger partial charge in [-0.1, -0.05) is 18.2 Å². The number of morpholine rings is 1. The maximum absolute atomic E-state index is 5.43. The third-order valence-corrected chi connectivity index (χ3v) is 3.72. The second-order valence-electron chi connectivity index (χ2n) is 4.81. The van der Waals surface area contributed by atoms with Gasteiger partial charge in [-0.05, 0) is 31.0 Å². The van der Waals surface area contributed by atoms with Gasteiger partial charge in [0.05, 0.1) is 13.2 Å². The van der Waals surface area contributed by atoms with Gasteiger partial charge in [-0.25, -0.2) is 0 Å². The highest BCUT2D eigenvalue weighted by Crippen LogP contribution is 2.31. The molecule has 0 radical (unpaired) electrons. The molecule has 2 heterocycles. The molecule has 2 saturated heterocycles. The molecule has 1 aromatic carbocycles. The lowest BCUT2D eigenvalue weighted by Crippen LogP contribution is -2.37. The molecule has 1 N–H and O–H groups in total. The van der Waals surface area contributed by atoms with Gasteiger partial charge in [0.2, 0.25) is 0 Å². The van der Waals surface area contributed by atoms with Gasteiger partial charge in [0.1, 0.15) is 0 Å². The summed E-state index contributed by atoms with van der Waals surface area (Å²) in [6.45, 7) is 4.90. The summed E-state index contributed by atoms with van der Waals surface area (Å²) in [5.41, 5.74) is 2.86. The minimum absolute atomic E-state index is 0.550. The average molecular weight is 232 g/mol. The van der Waals surface area contributed by atoms with Gasteiger partial charge in [-0.15, -0.1) is 0 Å². The van der Waals surface area contributed by atoms with Crippen LogP contribution in [0.3, 0.4) is 0 Å². The van der Waals surface area contributed by atoms with E-state index < -0.39 is 0 Å². The normalized spacial score (nSPS) is 25.2. The number of hydrogen-bond acceptors (Lipinski definition) is 3. The molecule has 2 fully saturated rings. The number of nitrogens with zero attached hydrogens (tertiary/aromatic N) is 1. The minimum atomic E-state index is 0.550. The molecule has 1 unspecified atom stereocenters. The third-order valence-electron chi connectivity index (χ3n) is 3.72. The van der Waals surface area contributed by atoms with E-state index in [2.05, 4.69) is 34.5 Å². The van der Waals surface area contributed by atoms with Crippen LogP contribution in [0.25, 0.3) is 0 Å². The van der Waals surface area contributed by atoms with Crippen molar-refractivity contribution in [1.29, 1.82) is 0 Å². The van der Waals surface area contributed by atoms with Crippen LogP contribution in [0.1, 0.15) is 24.4 Å². The Balaban J connectivity index is 1.86. The molecule has 3 heteroatoms. The molecule has 17 heavy (non-hydrogen) atoms. The first-order chi connectivity index (χ1) is 8.45. The van der Waals surface area contributed by atoms with Crippen LogP contribution in [0.4, 0.5) is 5.69 Å². The summed E-state index contributed by atoms with van der Waals surface area (Å²) in [6, 6.07) is 9.37. The fourth-order valence-corrected chi connectivity index (χ4v) is 2.82. The van der Waals surface area contributed by atoms with Crippen LogP contribution < -0.4 is 10.2 Å². The molecular weight excluding hydrogens is 212 g/mol. The number of para-hydroxylation sites is 1. The second-order valence-corrected chi connectivity index (χ2v) is 4.81. The van der Waals surface area contributed by atoms with Crippen LogP contribution >= 0.6 is 0 Å². The van der Waals surface area contributed by atoms with Crippen molar-refractivity contribution < 1.29 is 4.74 Å². The van der Waals surface area contributed by atoms with Crippen molar-refractivity contribution in [3.63, 3.8) is 0 Å². The zero-order valence-corrected chi connectivity index (χ0v) is 10.2. The van der Waals surface area contributed by atoms with Crippen LogP contribution in [0.2, 0.25) is 0 Å². The molecule has 3 nitrogen and oxygen atoms in total. The van der Waals surface area contributed by atoms with Crippen molar-refractivity contribution in [3.8, 4) is 0 Å². The minimum Gasteiger partial charge on any atom is -0.378 e. The molecule has 1 atom stereocenters. The maximum Gasteiger partial charge on any atom is 0.0642 e. The van der Waals surface area contributed by atoms with Crippen LogP contribution in [-0.2, 0) is 4.74 Å². The lowest BCUT2D eigenvalue weighted by Gasteiger charge is -2.31. The molecule has 1 aromatic rings. The fourth-order valence-electron chi connectivity index (χ4n) is 2.82. The quantitative estimate of drug-likeness (QED) is 0.843. The average Bonchev–Trinajstić information content (AvgIpc) is 2.94. The predicted octanol–water partition coefficient (Wildman–Crippen LogP) is 1.95. The largest absolute Gasteiger partial charge is 0.378 e. The van der Waals surface area contributed by atoms with Crippen molar-refractivity contribution in [2.24, 2.45) is 0 Å². The van der Waals surface area contributed by atoms with Gasteiger partial charge in [0.25, 0.3) is 0 Å². The number of hydrogen-bond donors (Lipinski definition) is 1. The van der Waals surface area contributed by atoms with Gasteiger partial charge in [0, 0.05) is 24.8 Å². The van der Waals surface area contributed by atoms with E-state index in [0.29, 0.717) is 6.04 Å². The molecule has 0 spiro atoms. The summed E-state index contributed by atoms with van der Waals surface area (Å²) in [7, 11) is 0. The highest BCUT2D eigenvalue weighted by Gasteiger charge is 2.22. The Morgan fingerprint density at radius 1 is 1.18 bits per heavy atom. The molecule has 0 amide bonds. The van der Waals surface area contributed by atoms with E-state index in [1.54, 1.807) is 0 Å². The molecule has 0 aromatic heterocycles. The topological polar surface area (TPSA) is 24.5 Å². The Bertz CT molecular complexity index is 368. The number of ether oxygens (including phenoxy) is 1. The molecule has 0 aliphatic carbocycles. The van der Waals surface area contributed by atoms with Gasteiger partial charge < -0.3 is 15.0 Å². The summed E-state index contributed by atoms with van der Waals surface area (Å²) >= 11 is 0. The van der Waals surface area contributed by atoms with E-state index in [-0.39, 0.29) is 0 Å². The predicted molar refractivity (Wildman–Crippen MR) is 69.5 cm³/mol. The first kappa shape index (κ1) is 11.1. The fraction of sp³-hybridized carbons (Fsp3) is 0.571. The summed E-state index contributed by atoms with van der Waals surface area (Å²) in [5.74, 6) is 0. The number of benzene rings is 1.